The molecular formula is C11H22N2O3. The molecule has 0 heterocycles. The van der Waals surface area contributed by atoms with E-state index in [1.54, 1.807) is 32.7 Å². The molecule has 5 heteroatoms. The molecule has 2 amide bonds. The van der Waals surface area contributed by atoms with Crippen LogP contribution in [-0.4, -0.2) is 42.6 Å². The minimum Gasteiger partial charge on any atom is -0.444 e. The minimum atomic E-state index is -0.506. The first kappa shape index (κ1) is 14.7. The zero-order valence-electron chi connectivity index (χ0n) is 10.8. The molecule has 1 N–H and O–H groups in total. The van der Waals surface area contributed by atoms with Crippen LogP contribution in [0.3, 0.4) is 0 Å². The Kier molecular flexibility index (Phi) is 5.85. The van der Waals surface area contributed by atoms with Crippen LogP contribution in [0.15, 0.2) is 0 Å². The second-order valence-electron chi connectivity index (χ2n) is 4.59. The number of hydrogen-bond donors (Lipinski definition) is 1. The van der Waals surface area contributed by atoms with Gasteiger partial charge in [-0.1, -0.05) is 0 Å². The highest BCUT2D eigenvalue weighted by Gasteiger charge is 2.16. The average Bonchev–Trinajstić information content (AvgIpc) is 2.13. The number of amides is 2. The molecule has 5 nitrogen and oxygen atoms in total. The Balaban J connectivity index is 3.75. The second kappa shape index (κ2) is 6.35. The lowest BCUT2D eigenvalue weighted by Crippen LogP contribution is -2.35. The van der Waals surface area contributed by atoms with Gasteiger partial charge in [-0.25, -0.2) is 4.79 Å². The van der Waals surface area contributed by atoms with Crippen LogP contribution in [0.1, 0.15) is 34.1 Å². The van der Waals surface area contributed by atoms with Crippen LogP contribution >= 0.6 is 0 Å². The number of alkyl carbamates (subject to hydrolysis) is 1. The predicted octanol–water partition coefficient (Wildman–Crippen LogP) is 1.38. The quantitative estimate of drug-likeness (QED) is 0.793. The van der Waals surface area contributed by atoms with Crippen LogP contribution in [0.2, 0.25) is 0 Å². The molecule has 0 unspecified atom stereocenters. The van der Waals surface area contributed by atoms with Crippen LogP contribution in [0, 0.1) is 0 Å². The highest BCUT2D eigenvalue weighted by atomic mass is 16.6. The van der Waals surface area contributed by atoms with Crippen LogP contribution in [-0.2, 0) is 9.53 Å². The van der Waals surface area contributed by atoms with Gasteiger partial charge in [0.2, 0.25) is 5.91 Å². The molecule has 16 heavy (non-hydrogen) atoms. The first-order valence-electron chi connectivity index (χ1n) is 5.47. The molecule has 0 aromatic rings. The number of rotatable bonds is 4. The molecular weight excluding hydrogens is 208 g/mol. The second-order valence-corrected chi connectivity index (χ2v) is 4.59. The van der Waals surface area contributed by atoms with Crippen molar-refractivity contribution in [3.63, 3.8) is 0 Å². The van der Waals surface area contributed by atoms with Crippen molar-refractivity contribution in [2.45, 2.75) is 39.7 Å². The summed E-state index contributed by atoms with van der Waals surface area (Å²) in [6, 6.07) is 0. The summed E-state index contributed by atoms with van der Waals surface area (Å²) in [5.41, 5.74) is -0.506. The number of carbonyl (C=O) groups is 2. The molecule has 0 saturated carbocycles. The van der Waals surface area contributed by atoms with Crippen molar-refractivity contribution in [3.8, 4) is 0 Å². The SMILES string of the molecule is CCN(C)C(=O)CCNC(=O)OC(C)(C)C. The van der Waals surface area contributed by atoms with Gasteiger partial charge < -0.3 is 15.0 Å². The number of ether oxygens (including phenoxy) is 1. The van der Waals surface area contributed by atoms with Gasteiger partial charge >= 0.3 is 6.09 Å². The van der Waals surface area contributed by atoms with Crippen LogP contribution in [0.4, 0.5) is 4.79 Å². The van der Waals surface area contributed by atoms with E-state index in [0.29, 0.717) is 19.5 Å². The predicted molar refractivity (Wildman–Crippen MR) is 62.2 cm³/mol. The molecule has 0 rings (SSSR count). The van der Waals surface area contributed by atoms with E-state index in [0.717, 1.165) is 0 Å². The molecule has 0 aliphatic rings. The number of hydrogen-bond acceptors (Lipinski definition) is 3. The normalized spacial score (nSPS) is 10.8. The topological polar surface area (TPSA) is 58.6 Å². The van der Waals surface area contributed by atoms with Gasteiger partial charge in [-0.15, -0.1) is 0 Å². The fourth-order valence-electron chi connectivity index (χ4n) is 0.953. The summed E-state index contributed by atoms with van der Waals surface area (Å²) in [6.45, 7) is 8.26. The first-order valence-corrected chi connectivity index (χ1v) is 5.47. The van der Waals surface area contributed by atoms with Gasteiger partial charge in [0.15, 0.2) is 0 Å². The van der Waals surface area contributed by atoms with Gasteiger partial charge in [-0.2, -0.15) is 0 Å². The monoisotopic (exact) mass is 230 g/mol. The molecule has 0 aromatic carbocycles. The van der Waals surface area contributed by atoms with Crippen LogP contribution in [0.25, 0.3) is 0 Å². The van der Waals surface area contributed by atoms with Gasteiger partial charge in [0, 0.05) is 26.6 Å². The highest BCUT2D eigenvalue weighted by molar-refractivity contribution is 5.76. The Labute approximate surface area is 97.1 Å². The van der Waals surface area contributed by atoms with Crippen LogP contribution < -0.4 is 5.32 Å². The van der Waals surface area contributed by atoms with E-state index in [9.17, 15) is 9.59 Å². The third kappa shape index (κ3) is 7.09. The zero-order valence-corrected chi connectivity index (χ0v) is 10.8. The molecule has 0 aromatic heterocycles. The van der Waals surface area contributed by atoms with E-state index in [-0.39, 0.29) is 5.91 Å². The maximum Gasteiger partial charge on any atom is 0.407 e. The maximum absolute atomic E-state index is 11.4. The summed E-state index contributed by atoms with van der Waals surface area (Å²) in [4.78, 5) is 24.2. The molecule has 0 aliphatic carbocycles. The molecule has 0 radical (unpaired) electrons. The lowest BCUT2D eigenvalue weighted by atomic mass is 10.2. The Morgan fingerprint density at radius 3 is 2.31 bits per heavy atom. The van der Waals surface area contributed by atoms with Gasteiger partial charge in [0.25, 0.3) is 0 Å². The molecule has 0 spiro atoms. The van der Waals surface area contributed by atoms with Crippen molar-refractivity contribution >= 4 is 12.0 Å². The zero-order chi connectivity index (χ0) is 12.8. The van der Waals surface area contributed by atoms with E-state index in [2.05, 4.69) is 5.32 Å². The van der Waals surface area contributed by atoms with Crippen molar-refractivity contribution in [1.29, 1.82) is 0 Å². The average molecular weight is 230 g/mol. The lowest BCUT2D eigenvalue weighted by Gasteiger charge is -2.20. The van der Waals surface area contributed by atoms with Crippen molar-refractivity contribution < 1.29 is 14.3 Å². The van der Waals surface area contributed by atoms with E-state index >= 15 is 0 Å². The summed E-state index contributed by atoms with van der Waals surface area (Å²) >= 11 is 0. The van der Waals surface area contributed by atoms with Crippen LogP contribution in [0.5, 0.6) is 0 Å². The van der Waals surface area contributed by atoms with Gasteiger partial charge in [-0.3, -0.25) is 4.79 Å². The standard InChI is InChI=1S/C11H22N2O3/c1-6-13(5)9(14)7-8-12-10(15)16-11(2,3)4/h6-8H2,1-5H3,(H,12,15). The van der Waals surface area contributed by atoms with E-state index < -0.39 is 11.7 Å². The Hall–Kier alpha value is -1.26. The molecule has 0 atom stereocenters. The van der Waals surface area contributed by atoms with Crippen molar-refractivity contribution in [2.24, 2.45) is 0 Å². The number of carbonyl (C=O) groups excluding carboxylic acids is 2. The molecule has 94 valence electrons. The summed E-state index contributed by atoms with van der Waals surface area (Å²) < 4.78 is 5.03. The Morgan fingerprint density at radius 1 is 1.31 bits per heavy atom. The summed E-state index contributed by atoms with van der Waals surface area (Å²) in [7, 11) is 1.73. The summed E-state index contributed by atoms with van der Waals surface area (Å²) in [5, 5.41) is 2.54. The Morgan fingerprint density at radius 2 is 1.88 bits per heavy atom. The lowest BCUT2D eigenvalue weighted by molar-refractivity contribution is -0.129. The van der Waals surface area contributed by atoms with Crippen molar-refractivity contribution in [1.82, 2.24) is 10.2 Å². The smallest absolute Gasteiger partial charge is 0.407 e. The molecule has 0 bridgehead atoms. The maximum atomic E-state index is 11.4. The summed E-state index contributed by atoms with van der Waals surface area (Å²) in [5.74, 6) is 0.0126. The molecule has 0 fully saturated rings. The largest absolute Gasteiger partial charge is 0.444 e. The van der Waals surface area contributed by atoms with Gasteiger partial charge in [-0.05, 0) is 27.7 Å². The van der Waals surface area contributed by atoms with E-state index in [4.69, 9.17) is 4.74 Å². The van der Waals surface area contributed by atoms with Crippen molar-refractivity contribution in [3.05, 3.63) is 0 Å². The number of nitrogens with one attached hydrogen (secondary N) is 1. The fraction of sp³-hybridized carbons (Fsp3) is 0.818. The van der Waals surface area contributed by atoms with Crippen molar-refractivity contribution in [2.75, 3.05) is 20.1 Å². The first-order chi connectivity index (χ1) is 7.26. The number of nitrogens with zero attached hydrogens (tertiary/aromatic N) is 1. The third-order valence-corrected chi connectivity index (χ3v) is 1.91. The Bertz CT molecular complexity index is 246. The third-order valence-electron chi connectivity index (χ3n) is 1.91. The molecule has 0 aliphatic heterocycles. The minimum absolute atomic E-state index is 0.0126. The van der Waals surface area contributed by atoms with E-state index in [1.165, 1.54) is 0 Å². The fourth-order valence-corrected chi connectivity index (χ4v) is 0.953. The summed E-state index contributed by atoms with van der Waals surface area (Å²) in [6.07, 6.45) is -0.191. The van der Waals surface area contributed by atoms with E-state index in [1.807, 2.05) is 6.92 Å². The molecule has 0 saturated heterocycles. The van der Waals surface area contributed by atoms with Gasteiger partial charge in [0.05, 0.1) is 0 Å². The van der Waals surface area contributed by atoms with Gasteiger partial charge in [0.1, 0.15) is 5.60 Å². The highest BCUT2D eigenvalue weighted by Crippen LogP contribution is 2.06.